The van der Waals surface area contributed by atoms with Crippen LogP contribution in [0.1, 0.15) is 52.3 Å². The van der Waals surface area contributed by atoms with Crippen LogP contribution in [0.15, 0.2) is 59.1 Å². The second-order valence-corrected chi connectivity index (χ2v) is 7.60. The fourth-order valence-electron chi connectivity index (χ4n) is 3.64. The Balaban J connectivity index is 1.29. The average Bonchev–Trinajstić information content (AvgIpc) is 3.51. The van der Waals surface area contributed by atoms with Crippen LogP contribution in [-0.2, 0) is 6.61 Å². The van der Waals surface area contributed by atoms with Gasteiger partial charge < -0.3 is 24.6 Å². The molecule has 0 bridgehead atoms. The van der Waals surface area contributed by atoms with Crippen LogP contribution >= 0.6 is 0 Å². The smallest absolute Gasteiger partial charge is 0.273 e. The Morgan fingerprint density at radius 2 is 1.81 bits per heavy atom. The number of hydrogen-bond donors (Lipinski definition) is 2. The van der Waals surface area contributed by atoms with E-state index in [1.165, 1.54) is 7.11 Å². The molecule has 1 aromatic heterocycles. The molecule has 0 atom stereocenters. The summed E-state index contributed by atoms with van der Waals surface area (Å²) in [5, 5.41) is 9.65. The van der Waals surface area contributed by atoms with E-state index in [9.17, 15) is 9.59 Å². The predicted molar refractivity (Wildman–Crippen MR) is 118 cm³/mol. The van der Waals surface area contributed by atoms with Crippen molar-refractivity contribution in [1.82, 2.24) is 10.5 Å². The monoisotopic (exact) mass is 435 g/mol. The normalized spacial score (nSPS) is 13.5. The predicted octanol–water partition coefficient (Wildman–Crippen LogP) is 4.19. The van der Waals surface area contributed by atoms with Crippen molar-refractivity contribution in [3.8, 4) is 11.5 Å². The van der Waals surface area contributed by atoms with Crippen molar-refractivity contribution < 1.29 is 23.6 Å². The summed E-state index contributed by atoms with van der Waals surface area (Å²) < 4.78 is 16.1. The Labute approximate surface area is 185 Å². The molecule has 0 unspecified atom stereocenters. The van der Waals surface area contributed by atoms with Crippen LogP contribution in [0.4, 0.5) is 5.69 Å². The Bertz CT molecular complexity index is 1070. The maximum Gasteiger partial charge on any atom is 0.273 e. The van der Waals surface area contributed by atoms with Crippen molar-refractivity contribution in [3.05, 3.63) is 71.6 Å². The lowest BCUT2D eigenvalue weighted by atomic mass is 10.2. The highest BCUT2D eigenvalue weighted by Crippen LogP contribution is 2.22. The molecule has 166 valence electrons. The van der Waals surface area contributed by atoms with Crippen molar-refractivity contribution in [1.29, 1.82) is 0 Å². The van der Waals surface area contributed by atoms with Gasteiger partial charge in [0.05, 0.1) is 12.7 Å². The highest BCUT2D eigenvalue weighted by atomic mass is 16.5. The minimum absolute atomic E-state index is 0.136. The number of para-hydroxylation sites is 1. The molecule has 0 radical (unpaired) electrons. The number of carbonyl (C=O) groups excluding carboxylic acids is 2. The van der Waals surface area contributed by atoms with E-state index in [2.05, 4.69) is 15.8 Å². The van der Waals surface area contributed by atoms with Crippen molar-refractivity contribution in [2.45, 2.75) is 38.3 Å². The number of hydrogen-bond acceptors (Lipinski definition) is 6. The first-order valence-corrected chi connectivity index (χ1v) is 10.6. The molecule has 1 heterocycles. The Kier molecular flexibility index (Phi) is 6.69. The van der Waals surface area contributed by atoms with Gasteiger partial charge in [0, 0.05) is 17.8 Å². The van der Waals surface area contributed by atoms with Gasteiger partial charge in [-0.2, -0.15) is 0 Å². The molecule has 8 heteroatoms. The van der Waals surface area contributed by atoms with Gasteiger partial charge in [0.25, 0.3) is 11.8 Å². The summed E-state index contributed by atoms with van der Waals surface area (Å²) in [6.07, 6.45) is 4.31. The van der Waals surface area contributed by atoms with Gasteiger partial charge in [-0.15, -0.1) is 0 Å². The van der Waals surface area contributed by atoms with E-state index in [0.717, 1.165) is 25.7 Å². The highest BCUT2D eigenvalue weighted by Gasteiger charge is 2.20. The third-order valence-corrected chi connectivity index (χ3v) is 5.33. The van der Waals surface area contributed by atoms with Gasteiger partial charge in [0.1, 0.15) is 18.1 Å². The molecule has 4 rings (SSSR count). The van der Waals surface area contributed by atoms with Crippen LogP contribution in [0.5, 0.6) is 11.5 Å². The van der Waals surface area contributed by atoms with E-state index < -0.39 is 0 Å². The number of nitrogens with zero attached hydrogens (tertiary/aromatic N) is 1. The Morgan fingerprint density at radius 1 is 1.06 bits per heavy atom. The van der Waals surface area contributed by atoms with Crippen molar-refractivity contribution in [3.63, 3.8) is 0 Å². The molecule has 32 heavy (non-hydrogen) atoms. The van der Waals surface area contributed by atoms with Gasteiger partial charge in [-0.1, -0.05) is 30.1 Å². The maximum absolute atomic E-state index is 12.5. The average molecular weight is 435 g/mol. The molecule has 0 aliphatic heterocycles. The zero-order chi connectivity index (χ0) is 22.3. The standard InChI is InChI=1S/C24H25N3O5/c1-30-22-9-5-4-8-20(22)23(28)25-17-10-12-18(13-11-17)31-15-19-14-21(27-32-19)24(29)26-16-6-2-3-7-16/h4-5,8-14,16H,2-3,6-7,15H2,1H3,(H,25,28)(H,26,29). The quantitative estimate of drug-likeness (QED) is 0.550. The molecule has 2 aromatic carbocycles. The molecule has 1 aliphatic rings. The molecule has 2 N–H and O–H groups in total. The van der Waals surface area contributed by atoms with Crippen molar-refractivity contribution in [2.24, 2.45) is 0 Å². The van der Waals surface area contributed by atoms with Crippen molar-refractivity contribution in [2.75, 3.05) is 12.4 Å². The molecule has 8 nitrogen and oxygen atoms in total. The molecule has 1 fully saturated rings. The first kappa shape index (κ1) is 21.4. The minimum atomic E-state index is -0.263. The topological polar surface area (TPSA) is 103 Å². The van der Waals surface area contributed by atoms with E-state index in [0.29, 0.717) is 28.5 Å². The zero-order valence-electron chi connectivity index (χ0n) is 17.8. The second-order valence-electron chi connectivity index (χ2n) is 7.60. The van der Waals surface area contributed by atoms with E-state index in [-0.39, 0.29) is 30.2 Å². The fraction of sp³-hybridized carbons (Fsp3) is 0.292. The van der Waals surface area contributed by atoms with Crippen LogP contribution in [0, 0.1) is 0 Å². The van der Waals surface area contributed by atoms with Gasteiger partial charge >= 0.3 is 0 Å². The van der Waals surface area contributed by atoms with E-state index in [1.807, 2.05) is 0 Å². The molecule has 1 aliphatic carbocycles. The van der Waals surface area contributed by atoms with Gasteiger partial charge in [-0.3, -0.25) is 9.59 Å². The minimum Gasteiger partial charge on any atom is -0.496 e. The van der Waals surface area contributed by atoms with Gasteiger partial charge in [0.2, 0.25) is 0 Å². The van der Waals surface area contributed by atoms with Crippen LogP contribution in [-0.4, -0.2) is 30.1 Å². The number of benzene rings is 2. The summed E-state index contributed by atoms with van der Waals surface area (Å²) in [4.78, 5) is 24.7. The zero-order valence-corrected chi connectivity index (χ0v) is 17.8. The third kappa shape index (κ3) is 5.26. The Morgan fingerprint density at radius 3 is 2.56 bits per heavy atom. The number of rotatable bonds is 8. The van der Waals surface area contributed by atoms with Crippen molar-refractivity contribution >= 4 is 17.5 Å². The number of amides is 2. The van der Waals surface area contributed by atoms with Crippen LogP contribution in [0.3, 0.4) is 0 Å². The van der Waals surface area contributed by atoms with Crippen LogP contribution < -0.4 is 20.1 Å². The lowest BCUT2D eigenvalue weighted by molar-refractivity contribution is 0.0927. The van der Waals surface area contributed by atoms with E-state index in [1.54, 1.807) is 54.6 Å². The summed E-state index contributed by atoms with van der Waals surface area (Å²) >= 11 is 0. The molecule has 0 spiro atoms. The number of anilines is 1. The molecule has 2 amide bonds. The van der Waals surface area contributed by atoms with Crippen LogP contribution in [0.25, 0.3) is 0 Å². The first-order valence-electron chi connectivity index (χ1n) is 10.6. The largest absolute Gasteiger partial charge is 0.496 e. The number of methoxy groups -OCH3 is 1. The number of aromatic nitrogens is 1. The summed E-state index contributed by atoms with van der Waals surface area (Å²) in [5.74, 6) is 1.07. The van der Waals surface area contributed by atoms with Gasteiger partial charge in [0.15, 0.2) is 11.5 Å². The molecule has 0 saturated heterocycles. The maximum atomic E-state index is 12.5. The molecular weight excluding hydrogens is 410 g/mol. The Hall–Kier alpha value is -3.81. The highest BCUT2D eigenvalue weighted by molar-refractivity contribution is 6.06. The molecular formula is C24H25N3O5. The lowest BCUT2D eigenvalue weighted by Crippen LogP contribution is -2.32. The summed E-state index contributed by atoms with van der Waals surface area (Å²) in [6, 6.07) is 15.8. The summed E-state index contributed by atoms with van der Waals surface area (Å²) in [7, 11) is 1.53. The third-order valence-electron chi connectivity index (χ3n) is 5.33. The van der Waals surface area contributed by atoms with E-state index >= 15 is 0 Å². The molecule has 3 aromatic rings. The van der Waals surface area contributed by atoms with Gasteiger partial charge in [-0.05, 0) is 49.2 Å². The number of ether oxygens (including phenoxy) is 2. The SMILES string of the molecule is COc1ccccc1C(=O)Nc1ccc(OCc2cc(C(=O)NC3CCCC3)no2)cc1. The number of carbonyl (C=O) groups is 2. The first-order chi connectivity index (χ1) is 15.6. The summed E-state index contributed by atoms with van der Waals surface area (Å²) in [5.41, 5.74) is 1.33. The number of nitrogens with one attached hydrogen (secondary N) is 2. The lowest BCUT2D eigenvalue weighted by Gasteiger charge is -2.10. The second kappa shape index (κ2) is 10.00. The molecule has 1 saturated carbocycles. The van der Waals surface area contributed by atoms with Gasteiger partial charge in [-0.25, -0.2) is 0 Å². The van der Waals surface area contributed by atoms with Crippen LogP contribution in [0.2, 0.25) is 0 Å². The fourth-order valence-corrected chi connectivity index (χ4v) is 3.64. The summed E-state index contributed by atoms with van der Waals surface area (Å²) in [6.45, 7) is 0.136. The van der Waals surface area contributed by atoms with E-state index in [4.69, 9.17) is 14.0 Å².